The number of imidazole rings is 1. The van der Waals surface area contributed by atoms with Crippen LogP contribution in [0.2, 0.25) is 0 Å². The van der Waals surface area contributed by atoms with Crippen molar-refractivity contribution in [2.45, 2.75) is 25.7 Å². The Labute approximate surface area is 206 Å². The van der Waals surface area contributed by atoms with E-state index in [1.807, 2.05) is 5.92 Å². The number of likely N-dealkylation sites (tertiary alicyclic amines) is 1. The zero-order chi connectivity index (χ0) is 26.9. The summed E-state index contributed by atoms with van der Waals surface area (Å²) in [6.45, 7) is -2.08. The molecule has 1 fully saturated rings. The number of benzene rings is 1. The molecular formula is C26H23N7O2. The number of nitrogens with zero attached hydrogens (tertiary/aromatic N) is 5. The monoisotopic (exact) mass is 468 g/mol. The summed E-state index contributed by atoms with van der Waals surface area (Å²) in [7, 11) is 0. The fourth-order valence-electron chi connectivity index (χ4n) is 4.33. The molecule has 4 aromatic rings. The van der Waals surface area contributed by atoms with Crippen molar-refractivity contribution in [3.8, 4) is 23.1 Å². The molecule has 35 heavy (non-hydrogen) atoms. The number of fused-ring (bicyclic) bond motifs is 1. The smallest absolute Gasteiger partial charge is 0.299 e. The minimum absolute atomic E-state index is 0.260. The van der Waals surface area contributed by atoms with Gasteiger partial charge in [-0.15, -0.1) is 0 Å². The van der Waals surface area contributed by atoms with Crippen molar-refractivity contribution in [1.82, 2.24) is 24.3 Å². The lowest BCUT2D eigenvalue weighted by molar-refractivity contribution is -0.126. The van der Waals surface area contributed by atoms with Crippen molar-refractivity contribution in [3.05, 3.63) is 72.4 Å². The number of amides is 2. The summed E-state index contributed by atoms with van der Waals surface area (Å²) < 4.78 is 23.6. The molecule has 9 heteroatoms. The number of anilines is 2. The Hall–Kier alpha value is -4.71. The highest BCUT2D eigenvalue weighted by atomic mass is 16.2. The normalized spacial score (nSPS) is 16.6. The number of nitrogen functional groups attached to an aromatic ring is 1. The first-order valence-electron chi connectivity index (χ1n) is 12.5. The van der Waals surface area contributed by atoms with E-state index in [-0.39, 0.29) is 11.7 Å². The number of pyridine rings is 1. The maximum Gasteiger partial charge on any atom is 0.299 e. The number of nitrogens with one attached hydrogen (secondary N) is 1. The topological polar surface area (TPSA) is 119 Å². The molecule has 0 saturated carbocycles. The van der Waals surface area contributed by atoms with Crippen LogP contribution in [-0.4, -0.2) is 42.6 Å². The van der Waals surface area contributed by atoms with E-state index >= 15 is 0 Å². The zero-order valence-electron chi connectivity index (χ0n) is 21.6. The molecule has 1 aliphatic heterocycles. The predicted molar refractivity (Wildman–Crippen MR) is 132 cm³/mol. The first-order valence-corrected chi connectivity index (χ1v) is 11.0. The van der Waals surface area contributed by atoms with Crippen molar-refractivity contribution in [2.75, 3.05) is 17.6 Å². The fraction of sp³-hybridized carbons (Fsp3) is 0.192. The lowest BCUT2D eigenvalue weighted by Crippen LogP contribution is -2.30. The highest BCUT2D eigenvalue weighted by Gasteiger charge is 2.33. The van der Waals surface area contributed by atoms with Crippen molar-refractivity contribution in [1.29, 1.82) is 0 Å². The van der Waals surface area contributed by atoms with Crippen LogP contribution in [0.25, 0.3) is 16.8 Å². The highest BCUT2D eigenvalue weighted by molar-refractivity contribution is 6.04. The van der Waals surface area contributed by atoms with Gasteiger partial charge in [0.2, 0.25) is 0 Å². The van der Waals surface area contributed by atoms with Crippen LogP contribution in [0.1, 0.15) is 46.0 Å². The van der Waals surface area contributed by atoms with E-state index in [1.165, 1.54) is 0 Å². The number of aromatic nitrogens is 4. The van der Waals surface area contributed by atoms with Gasteiger partial charge in [-0.05, 0) is 49.9 Å². The number of carbonyl (C=O) groups excluding carboxylic acids is 2. The molecule has 1 saturated heterocycles. The van der Waals surface area contributed by atoms with Crippen LogP contribution in [0, 0.1) is 11.8 Å². The second kappa shape index (κ2) is 9.27. The molecule has 2 amide bonds. The van der Waals surface area contributed by atoms with Crippen molar-refractivity contribution < 1.29 is 13.7 Å². The summed E-state index contributed by atoms with van der Waals surface area (Å²) in [6.07, 6.45) is 6.22. The summed E-state index contributed by atoms with van der Waals surface area (Å²) in [6, 6.07) is 11.7. The van der Waals surface area contributed by atoms with Crippen LogP contribution < -0.4 is 11.1 Å². The van der Waals surface area contributed by atoms with Crippen LogP contribution in [0.4, 0.5) is 11.6 Å². The molecule has 0 aliphatic carbocycles. The molecule has 1 aromatic carbocycles. The number of carbonyl (C=O) groups is 2. The second-order valence-electron chi connectivity index (χ2n) is 8.00. The average Bonchev–Trinajstić information content (AvgIpc) is 3.53. The van der Waals surface area contributed by atoms with E-state index in [4.69, 9.17) is 14.8 Å². The van der Waals surface area contributed by atoms with Crippen molar-refractivity contribution in [3.63, 3.8) is 0 Å². The van der Waals surface area contributed by atoms with Gasteiger partial charge in [0.15, 0.2) is 0 Å². The molecule has 4 heterocycles. The minimum Gasteiger partial charge on any atom is -0.382 e. The van der Waals surface area contributed by atoms with Crippen LogP contribution in [0.3, 0.4) is 0 Å². The third-order valence-corrected chi connectivity index (χ3v) is 5.92. The Morgan fingerprint density at radius 2 is 2.03 bits per heavy atom. The summed E-state index contributed by atoms with van der Waals surface area (Å²) in [5, 5.41) is 2.75. The molecule has 0 spiro atoms. The van der Waals surface area contributed by atoms with Gasteiger partial charge in [0.25, 0.3) is 11.8 Å². The van der Waals surface area contributed by atoms with E-state index in [0.29, 0.717) is 46.9 Å². The van der Waals surface area contributed by atoms with Crippen LogP contribution in [-0.2, 0) is 4.79 Å². The molecule has 0 unspecified atom stereocenters. The maximum atomic E-state index is 12.8. The molecule has 9 nitrogen and oxygen atoms in total. The van der Waals surface area contributed by atoms with Crippen LogP contribution in [0.5, 0.6) is 0 Å². The quantitative estimate of drug-likeness (QED) is 0.444. The summed E-state index contributed by atoms with van der Waals surface area (Å²) in [4.78, 5) is 40.1. The van der Waals surface area contributed by atoms with Gasteiger partial charge < -0.3 is 16.0 Å². The molecule has 0 bridgehead atoms. The molecule has 1 atom stereocenters. The van der Waals surface area contributed by atoms with Gasteiger partial charge in [-0.25, -0.2) is 15.0 Å². The number of nitrogens with two attached hydrogens (primary N) is 1. The van der Waals surface area contributed by atoms with E-state index in [2.05, 4.69) is 21.2 Å². The average molecular weight is 469 g/mol. The minimum atomic E-state index is -2.52. The molecule has 174 valence electrons. The van der Waals surface area contributed by atoms with Gasteiger partial charge in [0.05, 0.1) is 6.04 Å². The lowest BCUT2D eigenvalue weighted by Gasteiger charge is -2.21. The van der Waals surface area contributed by atoms with E-state index in [0.717, 1.165) is 6.42 Å². The molecule has 5 rings (SSSR count). The van der Waals surface area contributed by atoms with E-state index < -0.39 is 18.8 Å². The van der Waals surface area contributed by atoms with Gasteiger partial charge >= 0.3 is 0 Å². The van der Waals surface area contributed by atoms with Gasteiger partial charge in [-0.1, -0.05) is 24.1 Å². The van der Waals surface area contributed by atoms with Crippen molar-refractivity contribution >= 4 is 29.0 Å². The molecular weight excluding hydrogens is 442 g/mol. The van der Waals surface area contributed by atoms with Gasteiger partial charge in [0.1, 0.15) is 28.7 Å². The standard InChI is InChI=1S/C26H23N7O2/c1-2-6-21(34)32-15-5-7-19(32)25-31-22(23-24(27)29-14-16-33(23)25)17-9-11-18(12-10-17)26(35)30-20-8-3-4-13-28-20/h3-4,8-14,16,19H,5,7,15H2,1H3,(H2,27,29)(H,28,30,35)/t19-/m0/s1/i1D3. The summed E-state index contributed by atoms with van der Waals surface area (Å²) >= 11 is 0. The Morgan fingerprint density at radius 1 is 1.17 bits per heavy atom. The fourth-order valence-corrected chi connectivity index (χ4v) is 4.33. The maximum absolute atomic E-state index is 12.8. The second-order valence-corrected chi connectivity index (χ2v) is 8.00. The Kier molecular flexibility index (Phi) is 4.95. The van der Waals surface area contributed by atoms with E-state index in [9.17, 15) is 9.59 Å². The van der Waals surface area contributed by atoms with E-state index in [1.54, 1.807) is 70.4 Å². The number of rotatable bonds is 4. The first kappa shape index (κ1) is 18.7. The zero-order valence-corrected chi connectivity index (χ0v) is 18.6. The van der Waals surface area contributed by atoms with Crippen molar-refractivity contribution in [2.24, 2.45) is 0 Å². The van der Waals surface area contributed by atoms with Gasteiger partial charge in [-0.2, -0.15) is 0 Å². The number of hydrogen-bond donors (Lipinski definition) is 2. The largest absolute Gasteiger partial charge is 0.382 e. The Bertz CT molecular complexity index is 1570. The SMILES string of the molecule is [2H]C([2H])([2H])C#CC(=O)N1CCC[C@H]1c1nc(-c2ccc(C(=O)Nc3ccccn3)cc2)c2c(N)nccn12. The first-order chi connectivity index (χ1) is 18.2. The summed E-state index contributed by atoms with van der Waals surface area (Å²) in [5.74, 6) is 4.71. The predicted octanol–water partition coefficient (Wildman–Crippen LogP) is 3.31. The number of hydrogen-bond acceptors (Lipinski definition) is 6. The molecule has 3 N–H and O–H groups in total. The highest BCUT2D eigenvalue weighted by Crippen LogP contribution is 2.36. The van der Waals surface area contributed by atoms with Gasteiger partial charge in [-0.3, -0.25) is 14.0 Å². The molecule has 0 radical (unpaired) electrons. The summed E-state index contributed by atoms with van der Waals surface area (Å²) in [5.41, 5.74) is 8.52. The van der Waals surface area contributed by atoms with Crippen LogP contribution >= 0.6 is 0 Å². The Balaban J connectivity index is 1.48. The van der Waals surface area contributed by atoms with Gasteiger partial charge in [0, 0.05) is 40.4 Å². The third-order valence-electron chi connectivity index (χ3n) is 5.92. The van der Waals surface area contributed by atoms with Crippen LogP contribution in [0.15, 0.2) is 61.1 Å². The molecule has 1 aliphatic rings. The third kappa shape index (κ3) is 4.17. The lowest BCUT2D eigenvalue weighted by atomic mass is 10.1. The molecule has 3 aromatic heterocycles. The Morgan fingerprint density at radius 3 is 2.80 bits per heavy atom.